The van der Waals surface area contributed by atoms with Crippen molar-refractivity contribution < 1.29 is 18.0 Å². The molecule has 0 unspecified atom stereocenters. The Hall–Kier alpha value is -3.50. The predicted molar refractivity (Wildman–Crippen MR) is 109 cm³/mol. The molecule has 0 atom stereocenters. The number of carbonyl (C=O) groups excluding carboxylic acids is 1. The zero-order chi connectivity index (χ0) is 23.0. The largest absolute Gasteiger partial charge is 0.433 e. The molecule has 0 spiro atoms. The topological polar surface area (TPSA) is 85.9 Å². The molecule has 4 rings (SSSR count). The number of aryl methyl sites for hydroxylation is 2. The van der Waals surface area contributed by atoms with Crippen LogP contribution >= 0.6 is 0 Å². The van der Waals surface area contributed by atoms with Gasteiger partial charge in [0.15, 0.2) is 5.82 Å². The zero-order valence-electron chi connectivity index (χ0n) is 17.5. The van der Waals surface area contributed by atoms with Crippen LogP contribution in [0.3, 0.4) is 0 Å². The molecule has 0 aliphatic carbocycles. The number of rotatable bonds is 3. The number of hydrogen-bond acceptors (Lipinski definition) is 5. The molecule has 11 heteroatoms. The second-order valence-corrected chi connectivity index (χ2v) is 7.77. The predicted octanol–water partition coefficient (Wildman–Crippen LogP) is 2.94. The Morgan fingerprint density at radius 3 is 2.34 bits per heavy atom. The highest BCUT2D eigenvalue weighted by molar-refractivity contribution is 5.94. The van der Waals surface area contributed by atoms with Crippen LogP contribution in [0.25, 0.3) is 5.82 Å². The lowest BCUT2D eigenvalue weighted by Gasteiger charge is -2.32. The van der Waals surface area contributed by atoms with E-state index < -0.39 is 11.9 Å². The van der Waals surface area contributed by atoms with E-state index in [1.165, 1.54) is 10.7 Å². The second kappa shape index (κ2) is 8.21. The van der Waals surface area contributed by atoms with Gasteiger partial charge in [-0.15, -0.1) is 5.10 Å². The van der Waals surface area contributed by atoms with Gasteiger partial charge in [0.2, 0.25) is 0 Å². The summed E-state index contributed by atoms with van der Waals surface area (Å²) in [5, 5.41) is 8.88. The Labute approximate surface area is 181 Å². The SMILES string of the molecule is Cc1cc(C)n(-c2ccc(=O)n(C3CCN(C(=O)c4ccc(C(F)(F)F)nc4)CC3)n2)n1. The van der Waals surface area contributed by atoms with Gasteiger partial charge < -0.3 is 4.90 Å². The lowest BCUT2D eigenvalue weighted by atomic mass is 10.0. The molecule has 0 saturated carbocycles. The number of carbonyl (C=O) groups is 1. The summed E-state index contributed by atoms with van der Waals surface area (Å²) in [7, 11) is 0. The Bertz CT molecular complexity index is 1190. The maximum atomic E-state index is 12.7. The van der Waals surface area contributed by atoms with Gasteiger partial charge in [0, 0.05) is 31.0 Å². The highest BCUT2D eigenvalue weighted by Gasteiger charge is 2.33. The monoisotopic (exact) mass is 446 g/mol. The van der Waals surface area contributed by atoms with Gasteiger partial charge in [0.1, 0.15) is 5.69 Å². The van der Waals surface area contributed by atoms with Gasteiger partial charge >= 0.3 is 6.18 Å². The van der Waals surface area contributed by atoms with E-state index in [1.54, 1.807) is 15.6 Å². The summed E-state index contributed by atoms with van der Waals surface area (Å²) in [6.07, 6.45) is -2.62. The molecule has 0 bridgehead atoms. The smallest absolute Gasteiger partial charge is 0.338 e. The number of pyridine rings is 1. The molecule has 1 amide bonds. The van der Waals surface area contributed by atoms with E-state index in [4.69, 9.17) is 0 Å². The minimum absolute atomic E-state index is 0.0956. The van der Waals surface area contributed by atoms with E-state index in [1.807, 2.05) is 19.9 Å². The van der Waals surface area contributed by atoms with Crippen molar-refractivity contribution in [3.05, 3.63) is 69.5 Å². The molecular weight excluding hydrogens is 425 g/mol. The first-order chi connectivity index (χ1) is 15.1. The number of likely N-dealkylation sites (tertiary alicyclic amines) is 1. The average Bonchev–Trinajstić information content (AvgIpc) is 3.11. The van der Waals surface area contributed by atoms with Crippen molar-refractivity contribution in [2.75, 3.05) is 13.1 Å². The van der Waals surface area contributed by atoms with Crippen molar-refractivity contribution in [2.24, 2.45) is 0 Å². The molecule has 1 aliphatic heterocycles. The Balaban J connectivity index is 1.47. The molecule has 0 N–H and O–H groups in total. The molecule has 0 radical (unpaired) electrons. The molecule has 0 aromatic carbocycles. The average molecular weight is 446 g/mol. The molecule has 1 saturated heterocycles. The Morgan fingerprint density at radius 2 is 1.78 bits per heavy atom. The molecule has 3 aromatic heterocycles. The minimum Gasteiger partial charge on any atom is -0.338 e. The van der Waals surface area contributed by atoms with Crippen molar-refractivity contribution in [3.8, 4) is 5.82 Å². The number of halogens is 3. The van der Waals surface area contributed by atoms with Crippen LogP contribution in [0.15, 0.2) is 41.3 Å². The van der Waals surface area contributed by atoms with E-state index in [0.717, 1.165) is 29.7 Å². The standard InChI is InChI=1S/C21H21F3N6O2/c1-13-11-14(2)29(26-13)18-5-6-19(31)30(27-18)16-7-9-28(10-8-16)20(32)15-3-4-17(25-12-15)21(22,23)24/h3-6,11-12,16H,7-10H2,1-2H3. The van der Waals surface area contributed by atoms with Crippen LogP contribution in [0.4, 0.5) is 13.2 Å². The molecule has 3 aromatic rings. The van der Waals surface area contributed by atoms with Gasteiger partial charge in [-0.25, -0.2) is 9.36 Å². The molecule has 4 heterocycles. The summed E-state index contributed by atoms with van der Waals surface area (Å²) in [5.74, 6) is 0.144. The lowest BCUT2D eigenvalue weighted by molar-refractivity contribution is -0.141. The molecule has 1 fully saturated rings. The van der Waals surface area contributed by atoms with Crippen LogP contribution < -0.4 is 5.56 Å². The van der Waals surface area contributed by atoms with E-state index in [0.29, 0.717) is 31.7 Å². The van der Waals surface area contributed by atoms with Crippen molar-refractivity contribution in [1.82, 2.24) is 29.4 Å². The first-order valence-electron chi connectivity index (χ1n) is 10.1. The molecule has 8 nitrogen and oxygen atoms in total. The fourth-order valence-electron chi connectivity index (χ4n) is 3.83. The first kappa shape index (κ1) is 21.7. The Kier molecular flexibility index (Phi) is 5.57. The van der Waals surface area contributed by atoms with Crippen LogP contribution in [0.1, 0.15) is 46.3 Å². The molecule has 32 heavy (non-hydrogen) atoms. The number of piperidine rings is 1. The van der Waals surface area contributed by atoms with Crippen LogP contribution in [-0.4, -0.2) is 48.4 Å². The summed E-state index contributed by atoms with van der Waals surface area (Å²) in [5.41, 5.74) is 0.545. The summed E-state index contributed by atoms with van der Waals surface area (Å²) in [6.45, 7) is 4.47. The van der Waals surface area contributed by atoms with Crippen LogP contribution in [-0.2, 0) is 6.18 Å². The normalized spacial score (nSPS) is 15.2. The van der Waals surface area contributed by atoms with Gasteiger partial charge in [0.05, 0.1) is 17.3 Å². The summed E-state index contributed by atoms with van der Waals surface area (Å²) < 4.78 is 41.1. The highest BCUT2D eigenvalue weighted by Crippen LogP contribution is 2.28. The van der Waals surface area contributed by atoms with Crippen molar-refractivity contribution >= 4 is 5.91 Å². The van der Waals surface area contributed by atoms with Gasteiger partial charge in [-0.05, 0) is 51.0 Å². The Morgan fingerprint density at radius 1 is 1.06 bits per heavy atom. The van der Waals surface area contributed by atoms with Gasteiger partial charge in [-0.3, -0.25) is 14.6 Å². The second-order valence-electron chi connectivity index (χ2n) is 7.77. The fourth-order valence-corrected chi connectivity index (χ4v) is 3.83. The maximum Gasteiger partial charge on any atom is 0.433 e. The number of amides is 1. The number of alkyl halides is 3. The van der Waals surface area contributed by atoms with Crippen molar-refractivity contribution in [2.45, 2.75) is 38.9 Å². The van der Waals surface area contributed by atoms with Crippen molar-refractivity contribution in [1.29, 1.82) is 0 Å². The summed E-state index contributed by atoms with van der Waals surface area (Å²) in [6, 6.07) is 6.72. The van der Waals surface area contributed by atoms with Crippen LogP contribution in [0.2, 0.25) is 0 Å². The van der Waals surface area contributed by atoms with E-state index in [9.17, 15) is 22.8 Å². The quantitative estimate of drug-likeness (QED) is 0.618. The maximum absolute atomic E-state index is 12.7. The fraction of sp³-hybridized carbons (Fsp3) is 0.381. The minimum atomic E-state index is -4.55. The van der Waals surface area contributed by atoms with E-state index in [-0.39, 0.29) is 23.1 Å². The van der Waals surface area contributed by atoms with Gasteiger partial charge in [0.25, 0.3) is 11.5 Å². The third-order valence-corrected chi connectivity index (χ3v) is 5.44. The third kappa shape index (κ3) is 4.27. The number of aromatic nitrogens is 5. The van der Waals surface area contributed by atoms with E-state index >= 15 is 0 Å². The van der Waals surface area contributed by atoms with Gasteiger partial charge in [-0.2, -0.15) is 18.3 Å². The summed E-state index contributed by atoms with van der Waals surface area (Å²) >= 11 is 0. The van der Waals surface area contributed by atoms with Crippen LogP contribution in [0.5, 0.6) is 0 Å². The first-order valence-corrected chi connectivity index (χ1v) is 10.1. The van der Waals surface area contributed by atoms with Gasteiger partial charge in [-0.1, -0.05) is 0 Å². The van der Waals surface area contributed by atoms with E-state index in [2.05, 4.69) is 15.2 Å². The third-order valence-electron chi connectivity index (χ3n) is 5.44. The summed E-state index contributed by atoms with van der Waals surface area (Å²) in [4.78, 5) is 30.0. The van der Waals surface area contributed by atoms with Crippen molar-refractivity contribution in [3.63, 3.8) is 0 Å². The zero-order valence-corrected chi connectivity index (χ0v) is 17.5. The lowest BCUT2D eigenvalue weighted by Crippen LogP contribution is -2.41. The molecular formula is C21H21F3N6O2. The van der Waals surface area contributed by atoms with Crippen LogP contribution in [0, 0.1) is 13.8 Å². The highest BCUT2D eigenvalue weighted by atomic mass is 19.4. The molecule has 168 valence electrons. The number of nitrogens with zero attached hydrogens (tertiary/aromatic N) is 6. The number of hydrogen-bond donors (Lipinski definition) is 0. The molecule has 1 aliphatic rings.